The maximum absolute atomic E-state index is 13.1. The van der Waals surface area contributed by atoms with Crippen molar-refractivity contribution in [3.8, 4) is 5.75 Å². The number of nitrogens with zero attached hydrogens (tertiary/aromatic N) is 3. The van der Waals surface area contributed by atoms with Crippen molar-refractivity contribution < 1.29 is 9.53 Å². The Bertz CT molecular complexity index is 1160. The summed E-state index contributed by atoms with van der Waals surface area (Å²) in [6, 6.07) is 11.2. The van der Waals surface area contributed by atoms with E-state index in [1.165, 1.54) is 11.3 Å². The van der Waals surface area contributed by atoms with E-state index in [9.17, 15) is 4.79 Å². The highest BCUT2D eigenvalue weighted by Crippen LogP contribution is 2.39. The van der Waals surface area contributed by atoms with Crippen LogP contribution in [0.4, 0.5) is 5.13 Å². The van der Waals surface area contributed by atoms with Gasteiger partial charge in [0.25, 0.3) is 5.91 Å². The molecule has 1 amide bonds. The number of fused-ring (bicyclic) bond motifs is 1. The number of carbonyl (C=O) groups excluding carboxylic acids is 1. The molecule has 29 heavy (non-hydrogen) atoms. The second-order valence-electron chi connectivity index (χ2n) is 6.06. The van der Waals surface area contributed by atoms with Crippen molar-refractivity contribution in [2.24, 2.45) is 0 Å². The topological polar surface area (TPSA) is 55.3 Å². The van der Waals surface area contributed by atoms with Gasteiger partial charge < -0.3 is 4.74 Å². The lowest BCUT2D eigenvalue weighted by atomic mass is 10.2. The Morgan fingerprint density at radius 2 is 2.17 bits per heavy atom. The molecule has 146 valence electrons. The molecule has 0 unspecified atom stereocenters. The summed E-state index contributed by atoms with van der Waals surface area (Å²) in [5, 5.41) is 3.10. The summed E-state index contributed by atoms with van der Waals surface area (Å²) in [6.07, 6.45) is 6.82. The number of thiophene rings is 1. The molecule has 0 saturated carbocycles. The molecular formula is C21H16ClN3O2S2. The Morgan fingerprint density at radius 3 is 2.90 bits per heavy atom. The van der Waals surface area contributed by atoms with Crippen LogP contribution >= 0.6 is 34.3 Å². The lowest BCUT2D eigenvalue weighted by Gasteiger charge is -2.18. The van der Waals surface area contributed by atoms with E-state index in [0.717, 1.165) is 15.1 Å². The molecule has 0 radical (unpaired) electrons. The summed E-state index contributed by atoms with van der Waals surface area (Å²) in [5.41, 5.74) is 1.55. The van der Waals surface area contributed by atoms with E-state index < -0.39 is 0 Å². The summed E-state index contributed by atoms with van der Waals surface area (Å²) in [5.74, 6) is 0.450. The van der Waals surface area contributed by atoms with Crippen molar-refractivity contribution >= 4 is 61.6 Å². The molecule has 4 rings (SSSR count). The van der Waals surface area contributed by atoms with Gasteiger partial charge in [0.15, 0.2) is 5.13 Å². The number of hydrogen-bond donors (Lipinski definition) is 0. The number of amides is 1. The Balaban J connectivity index is 1.74. The average molecular weight is 442 g/mol. The molecule has 0 saturated heterocycles. The number of halogens is 1. The molecule has 3 heterocycles. The van der Waals surface area contributed by atoms with Gasteiger partial charge in [-0.1, -0.05) is 35.1 Å². The fourth-order valence-electron chi connectivity index (χ4n) is 2.76. The molecule has 1 aromatic carbocycles. The number of thiazole rings is 1. The Hall–Kier alpha value is -2.74. The zero-order valence-electron chi connectivity index (χ0n) is 15.4. The van der Waals surface area contributed by atoms with Crippen molar-refractivity contribution in [3.63, 3.8) is 0 Å². The first kappa shape index (κ1) is 19.6. The first-order valence-electron chi connectivity index (χ1n) is 8.70. The smallest absolute Gasteiger partial charge is 0.253 e. The number of anilines is 1. The molecular weight excluding hydrogens is 426 g/mol. The minimum atomic E-state index is -0.170. The molecule has 0 bridgehead atoms. The summed E-state index contributed by atoms with van der Waals surface area (Å²) in [6.45, 7) is 0.348. The second kappa shape index (κ2) is 8.73. The van der Waals surface area contributed by atoms with Crippen molar-refractivity contribution in [1.82, 2.24) is 9.97 Å². The molecule has 5 nitrogen and oxygen atoms in total. The van der Waals surface area contributed by atoms with Crippen LogP contribution < -0.4 is 9.64 Å². The third-order valence-corrected chi connectivity index (χ3v) is 6.54. The van der Waals surface area contributed by atoms with Crippen LogP contribution in [0.5, 0.6) is 5.75 Å². The predicted octanol–water partition coefficient (Wildman–Crippen LogP) is 5.66. The van der Waals surface area contributed by atoms with E-state index in [0.29, 0.717) is 28.0 Å². The van der Waals surface area contributed by atoms with E-state index in [1.807, 2.05) is 35.7 Å². The lowest BCUT2D eigenvalue weighted by Crippen LogP contribution is -2.28. The number of aromatic nitrogens is 2. The lowest BCUT2D eigenvalue weighted by molar-refractivity contribution is -0.114. The number of rotatable bonds is 6. The number of hydrogen-bond acceptors (Lipinski definition) is 6. The van der Waals surface area contributed by atoms with Gasteiger partial charge in [0.1, 0.15) is 11.3 Å². The van der Waals surface area contributed by atoms with E-state index >= 15 is 0 Å². The fourth-order valence-corrected chi connectivity index (χ4v) is 4.64. The number of ether oxygens (including phenoxy) is 1. The molecule has 0 spiro atoms. The fraction of sp³-hybridized carbons (Fsp3) is 0.0952. The SMILES string of the molecule is COc1ccc(Cl)c2sc(N(Cc3cccnc3)C(=O)/C=C/c3cccs3)nc12. The summed E-state index contributed by atoms with van der Waals surface area (Å²) in [4.78, 5) is 24.5. The Kier molecular flexibility index (Phi) is 5.89. The van der Waals surface area contributed by atoms with E-state index in [4.69, 9.17) is 16.3 Å². The maximum atomic E-state index is 13.1. The zero-order valence-corrected chi connectivity index (χ0v) is 17.8. The predicted molar refractivity (Wildman–Crippen MR) is 120 cm³/mol. The molecule has 0 aliphatic carbocycles. The van der Waals surface area contributed by atoms with Crippen LogP contribution in [-0.4, -0.2) is 23.0 Å². The molecule has 4 aromatic rings. The van der Waals surface area contributed by atoms with Crippen molar-refractivity contribution in [2.75, 3.05) is 12.0 Å². The highest BCUT2D eigenvalue weighted by Gasteiger charge is 2.21. The molecule has 0 aliphatic heterocycles. The molecule has 0 fully saturated rings. The van der Waals surface area contributed by atoms with Crippen LogP contribution in [0.2, 0.25) is 5.02 Å². The Labute approximate surface area is 180 Å². The van der Waals surface area contributed by atoms with Gasteiger partial charge in [-0.2, -0.15) is 0 Å². The molecule has 0 atom stereocenters. The minimum absolute atomic E-state index is 0.170. The standard InChI is InChI=1S/C21H16ClN3O2S2/c1-27-17-8-7-16(22)20-19(17)24-21(29-20)25(13-14-4-2-10-23-12-14)18(26)9-6-15-5-3-11-28-15/h2-12H,13H2,1H3/b9-6+. The first-order chi connectivity index (χ1) is 14.2. The third-order valence-electron chi connectivity index (χ3n) is 4.16. The number of methoxy groups -OCH3 is 1. The van der Waals surface area contributed by atoms with Crippen LogP contribution in [0.25, 0.3) is 16.3 Å². The van der Waals surface area contributed by atoms with Crippen LogP contribution in [0.15, 0.2) is 60.2 Å². The third kappa shape index (κ3) is 4.32. The Morgan fingerprint density at radius 1 is 1.28 bits per heavy atom. The average Bonchev–Trinajstić information content (AvgIpc) is 3.42. The van der Waals surface area contributed by atoms with E-state index in [-0.39, 0.29) is 5.91 Å². The van der Waals surface area contributed by atoms with Gasteiger partial charge in [0.2, 0.25) is 0 Å². The van der Waals surface area contributed by atoms with Crippen molar-refractivity contribution in [1.29, 1.82) is 0 Å². The van der Waals surface area contributed by atoms with Gasteiger partial charge >= 0.3 is 0 Å². The van der Waals surface area contributed by atoms with E-state index in [1.54, 1.807) is 53.9 Å². The molecule has 8 heteroatoms. The largest absolute Gasteiger partial charge is 0.494 e. The normalized spacial score (nSPS) is 11.2. The van der Waals surface area contributed by atoms with Crippen LogP contribution in [-0.2, 0) is 11.3 Å². The van der Waals surface area contributed by atoms with Gasteiger partial charge in [0.05, 0.1) is 23.4 Å². The molecule has 0 aliphatic rings. The second-order valence-corrected chi connectivity index (χ2v) is 8.42. The monoisotopic (exact) mass is 441 g/mol. The van der Waals surface area contributed by atoms with Crippen LogP contribution in [0.1, 0.15) is 10.4 Å². The van der Waals surface area contributed by atoms with Gasteiger partial charge in [-0.15, -0.1) is 11.3 Å². The number of benzene rings is 1. The highest BCUT2D eigenvalue weighted by molar-refractivity contribution is 7.23. The van der Waals surface area contributed by atoms with Gasteiger partial charge in [-0.3, -0.25) is 14.7 Å². The number of carbonyl (C=O) groups is 1. The molecule has 0 N–H and O–H groups in total. The van der Waals surface area contributed by atoms with Crippen molar-refractivity contribution in [3.05, 3.63) is 75.7 Å². The summed E-state index contributed by atoms with van der Waals surface area (Å²) < 4.78 is 6.19. The summed E-state index contributed by atoms with van der Waals surface area (Å²) >= 11 is 9.30. The first-order valence-corrected chi connectivity index (χ1v) is 10.8. The summed E-state index contributed by atoms with van der Waals surface area (Å²) in [7, 11) is 1.59. The number of pyridine rings is 1. The quantitative estimate of drug-likeness (QED) is 0.362. The van der Waals surface area contributed by atoms with Gasteiger partial charge in [-0.25, -0.2) is 4.98 Å². The maximum Gasteiger partial charge on any atom is 0.253 e. The van der Waals surface area contributed by atoms with Crippen molar-refractivity contribution in [2.45, 2.75) is 6.54 Å². The zero-order chi connectivity index (χ0) is 20.2. The van der Waals surface area contributed by atoms with Gasteiger partial charge in [-0.05, 0) is 41.3 Å². The highest BCUT2D eigenvalue weighted by atomic mass is 35.5. The van der Waals surface area contributed by atoms with E-state index in [2.05, 4.69) is 9.97 Å². The van der Waals surface area contributed by atoms with Crippen LogP contribution in [0, 0.1) is 0 Å². The molecule has 3 aromatic heterocycles. The minimum Gasteiger partial charge on any atom is -0.494 e. The van der Waals surface area contributed by atoms with Crippen LogP contribution in [0.3, 0.4) is 0 Å². The van der Waals surface area contributed by atoms with Gasteiger partial charge in [0, 0.05) is 23.3 Å².